The predicted molar refractivity (Wildman–Crippen MR) is 72.1 cm³/mol. The van der Waals surface area contributed by atoms with Crippen molar-refractivity contribution in [1.29, 1.82) is 0 Å². The molecule has 1 aromatic carbocycles. The minimum atomic E-state index is -3.82. The SMILES string of the molecule is COC(=O)C(O)CNS(=O)(=O)Cc1cccc(C(=O)O)c1. The number of aliphatic hydroxyl groups is 1. The minimum absolute atomic E-state index is 0.0303. The quantitative estimate of drug-likeness (QED) is 0.569. The summed E-state index contributed by atoms with van der Waals surface area (Å²) < 4.78 is 29.8. The molecule has 0 radical (unpaired) electrons. The number of ether oxygens (including phenoxy) is 1. The molecule has 0 spiro atoms. The number of carbonyl (C=O) groups excluding carboxylic acids is 1. The van der Waals surface area contributed by atoms with Crippen LogP contribution in [0, 0.1) is 0 Å². The van der Waals surface area contributed by atoms with Gasteiger partial charge in [-0.15, -0.1) is 0 Å². The van der Waals surface area contributed by atoms with Gasteiger partial charge in [-0.1, -0.05) is 12.1 Å². The summed E-state index contributed by atoms with van der Waals surface area (Å²) in [4.78, 5) is 21.7. The molecule has 116 valence electrons. The Balaban J connectivity index is 2.70. The lowest BCUT2D eigenvalue weighted by Crippen LogP contribution is -2.37. The first kappa shape index (κ1) is 17.1. The Morgan fingerprint density at radius 1 is 1.38 bits per heavy atom. The number of esters is 1. The molecule has 0 bridgehead atoms. The highest BCUT2D eigenvalue weighted by Crippen LogP contribution is 2.09. The number of carboxylic acids is 1. The standard InChI is InChI=1S/C12H15NO7S/c1-20-12(17)10(14)6-13-21(18,19)7-8-3-2-4-9(5-8)11(15)16/h2-5,10,13-14H,6-7H2,1H3,(H,15,16). The molecule has 1 atom stereocenters. The Hall–Kier alpha value is -1.97. The van der Waals surface area contributed by atoms with Crippen LogP contribution in [0.15, 0.2) is 24.3 Å². The highest BCUT2D eigenvalue weighted by Gasteiger charge is 2.19. The third-order valence-corrected chi connectivity index (χ3v) is 3.82. The van der Waals surface area contributed by atoms with Crippen molar-refractivity contribution in [2.24, 2.45) is 0 Å². The largest absolute Gasteiger partial charge is 0.478 e. The average molecular weight is 317 g/mol. The number of aliphatic hydroxyl groups excluding tert-OH is 1. The number of benzene rings is 1. The van der Waals surface area contributed by atoms with Gasteiger partial charge in [0, 0.05) is 6.54 Å². The van der Waals surface area contributed by atoms with E-state index in [9.17, 15) is 23.1 Å². The van der Waals surface area contributed by atoms with Gasteiger partial charge in [-0.3, -0.25) is 0 Å². The van der Waals surface area contributed by atoms with E-state index in [4.69, 9.17) is 5.11 Å². The number of hydrogen-bond acceptors (Lipinski definition) is 6. The first-order chi connectivity index (χ1) is 9.75. The van der Waals surface area contributed by atoms with E-state index in [1.54, 1.807) is 0 Å². The second kappa shape index (κ2) is 7.16. The van der Waals surface area contributed by atoms with Gasteiger partial charge in [-0.25, -0.2) is 22.7 Å². The molecule has 1 unspecified atom stereocenters. The van der Waals surface area contributed by atoms with E-state index in [0.717, 1.165) is 7.11 Å². The van der Waals surface area contributed by atoms with Gasteiger partial charge in [0.25, 0.3) is 0 Å². The predicted octanol–water partition coefficient (Wildman–Crippen LogP) is -0.662. The van der Waals surface area contributed by atoms with Gasteiger partial charge in [0.2, 0.25) is 10.0 Å². The number of nitrogens with one attached hydrogen (secondary N) is 1. The van der Waals surface area contributed by atoms with Crippen LogP contribution in [0.1, 0.15) is 15.9 Å². The van der Waals surface area contributed by atoms with Gasteiger partial charge >= 0.3 is 11.9 Å². The second-order valence-corrected chi connectivity index (χ2v) is 5.96. The fraction of sp³-hybridized carbons (Fsp3) is 0.333. The molecule has 9 heteroatoms. The smallest absolute Gasteiger partial charge is 0.336 e. The fourth-order valence-electron chi connectivity index (χ4n) is 1.49. The van der Waals surface area contributed by atoms with Gasteiger partial charge in [-0.05, 0) is 17.7 Å². The molecular formula is C12H15NO7S. The fourth-order valence-corrected chi connectivity index (χ4v) is 2.62. The zero-order chi connectivity index (χ0) is 16.0. The van der Waals surface area contributed by atoms with Crippen LogP contribution in [0.2, 0.25) is 0 Å². The third kappa shape index (κ3) is 5.50. The molecule has 1 aromatic rings. The number of carbonyl (C=O) groups is 2. The van der Waals surface area contributed by atoms with Crippen molar-refractivity contribution in [1.82, 2.24) is 4.72 Å². The van der Waals surface area contributed by atoms with E-state index >= 15 is 0 Å². The van der Waals surface area contributed by atoms with E-state index in [-0.39, 0.29) is 11.1 Å². The molecule has 21 heavy (non-hydrogen) atoms. The molecule has 0 amide bonds. The van der Waals surface area contributed by atoms with Crippen molar-refractivity contribution in [3.63, 3.8) is 0 Å². The number of hydrogen-bond donors (Lipinski definition) is 3. The maximum absolute atomic E-state index is 11.8. The van der Waals surface area contributed by atoms with Crippen LogP contribution < -0.4 is 4.72 Å². The Bertz CT molecular complexity index is 626. The lowest BCUT2D eigenvalue weighted by Gasteiger charge is -2.10. The molecule has 0 aromatic heterocycles. The van der Waals surface area contributed by atoms with Gasteiger partial charge in [0.1, 0.15) is 0 Å². The van der Waals surface area contributed by atoms with E-state index < -0.39 is 40.4 Å². The normalized spacial score (nSPS) is 12.7. The van der Waals surface area contributed by atoms with E-state index in [1.807, 2.05) is 4.72 Å². The first-order valence-corrected chi connectivity index (χ1v) is 7.46. The first-order valence-electron chi connectivity index (χ1n) is 5.80. The summed E-state index contributed by atoms with van der Waals surface area (Å²) in [6.07, 6.45) is -1.60. The average Bonchev–Trinajstić information content (AvgIpc) is 2.43. The highest BCUT2D eigenvalue weighted by molar-refractivity contribution is 7.88. The lowest BCUT2D eigenvalue weighted by molar-refractivity contribution is -0.149. The van der Waals surface area contributed by atoms with Crippen molar-refractivity contribution in [3.8, 4) is 0 Å². The molecule has 0 saturated carbocycles. The number of aromatic carboxylic acids is 1. The zero-order valence-corrected chi connectivity index (χ0v) is 12.0. The van der Waals surface area contributed by atoms with Crippen molar-refractivity contribution >= 4 is 22.0 Å². The van der Waals surface area contributed by atoms with Crippen molar-refractivity contribution in [2.45, 2.75) is 11.9 Å². The summed E-state index contributed by atoms with van der Waals surface area (Å²) in [6, 6.07) is 5.46. The molecular weight excluding hydrogens is 302 g/mol. The highest BCUT2D eigenvalue weighted by atomic mass is 32.2. The third-order valence-electron chi connectivity index (χ3n) is 2.50. The van der Waals surface area contributed by atoms with Crippen LogP contribution in [0.5, 0.6) is 0 Å². The summed E-state index contributed by atoms with van der Waals surface area (Å²) in [7, 11) is -2.76. The molecule has 0 fully saturated rings. The number of carboxylic acid groups (broad SMARTS) is 1. The monoisotopic (exact) mass is 317 g/mol. The van der Waals surface area contributed by atoms with Crippen LogP contribution in [0.4, 0.5) is 0 Å². The van der Waals surface area contributed by atoms with Crippen molar-refractivity contribution in [3.05, 3.63) is 35.4 Å². The Morgan fingerprint density at radius 2 is 2.05 bits per heavy atom. The molecule has 3 N–H and O–H groups in total. The van der Waals surface area contributed by atoms with Crippen molar-refractivity contribution in [2.75, 3.05) is 13.7 Å². The molecule has 1 rings (SSSR count). The Morgan fingerprint density at radius 3 is 2.62 bits per heavy atom. The maximum Gasteiger partial charge on any atom is 0.336 e. The maximum atomic E-state index is 11.8. The summed E-state index contributed by atoms with van der Waals surface area (Å²) >= 11 is 0. The summed E-state index contributed by atoms with van der Waals surface area (Å²) in [5.41, 5.74) is 0.243. The van der Waals surface area contributed by atoms with Gasteiger partial charge in [0.15, 0.2) is 6.10 Å². The van der Waals surface area contributed by atoms with Crippen LogP contribution in [0.3, 0.4) is 0 Å². The van der Waals surface area contributed by atoms with Gasteiger partial charge in [0.05, 0.1) is 18.4 Å². The van der Waals surface area contributed by atoms with Gasteiger partial charge in [-0.2, -0.15) is 0 Å². The van der Waals surface area contributed by atoms with Crippen LogP contribution >= 0.6 is 0 Å². The Kier molecular flexibility index (Phi) is 5.82. The van der Waals surface area contributed by atoms with E-state index in [0.29, 0.717) is 0 Å². The van der Waals surface area contributed by atoms with Crippen molar-refractivity contribution < 1.29 is 33.0 Å². The van der Waals surface area contributed by atoms with Crippen LogP contribution in [0.25, 0.3) is 0 Å². The molecule has 8 nitrogen and oxygen atoms in total. The molecule has 0 aliphatic rings. The van der Waals surface area contributed by atoms with Gasteiger partial charge < -0.3 is 14.9 Å². The van der Waals surface area contributed by atoms with Crippen LogP contribution in [-0.2, 0) is 25.3 Å². The Labute approximate surface area is 121 Å². The van der Waals surface area contributed by atoms with E-state index in [1.165, 1.54) is 24.3 Å². The number of methoxy groups -OCH3 is 1. The topological polar surface area (TPSA) is 130 Å². The molecule has 0 aliphatic carbocycles. The molecule has 0 heterocycles. The van der Waals surface area contributed by atoms with E-state index in [2.05, 4.69) is 4.74 Å². The van der Waals surface area contributed by atoms with Crippen LogP contribution in [-0.4, -0.2) is 50.3 Å². The number of sulfonamides is 1. The molecule has 0 saturated heterocycles. The summed E-state index contributed by atoms with van der Waals surface area (Å²) in [5.74, 6) is -2.59. The zero-order valence-electron chi connectivity index (χ0n) is 11.1. The minimum Gasteiger partial charge on any atom is -0.478 e. The lowest BCUT2D eigenvalue weighted by atomic mass is 10.1. The summed E-state index contributed by atoms with van der Waals surface area (Å²) in [5, 5.41) is 18.1. The second-order valence-electron chi connectivity index (χ2n) is 4.15. The number of rotatable bonds is 7. The summed E-state index contributed by atoms with van der Waals surface area (Å²) in [6.45, 7) is -0.520. The molecule has 0 aliphatic heterocycles.